The Bertz CT molecular complexity index is 132. The van der Waals surface area contributed by atoms with Gasteiger partial charge < -0.3 is 4.74 Å². The molecule has 0 radical (unpaired) electrons. The maximum absolute atomic E-state index is 5.60. The van der Waals surface area contributed by atoms with Crippen molar-refractivity contribution in [3.05, 3.63) is 0 Å². The number of nitrogens with zero attached hydrogens (tertiary/aromatic N) is 2. The highest BCUT2D eigenvalue weighted by molar-refractivity contribution is 4.82. The molecule has 3 rings (SSSR count). The van der Waals surface area contributed by atoms with Crippen LogP contribution >= 0.6 is 0 Å². The van der Waals surface area contributed by atoms with Gasteiger partial charge in [-0.05, 0) is 6.92 Å². The van der Waals surface area contributed by atoms with Gasteiger partial charge in [0.05, 0.1) is 0 Å². The van der Waals surface area contributed by atoms with E-state index in [0.717, 1.165) is 13.2 Å². The van der Waals surface area contributed by atoms with E-state index in [0.29, 0.717) is 6.23 Å². The third kappa shape index (κ3) is 1.41. The van der Waals surface area contributed by atoms with Gasteiger partial charge in [-0.25, -0.2) is 0 Å². The summed E-state index contributed by atoms with van der Waals surface area (Å²) in [5, 5.41) is 0. The van der Waals surface area contributed by atoms with E-state index in [1.807, 2.05) is 0 Å². The zero-order valence-electron chi connectivity index (χ0n) is 7.12. The highest BCUT2D eigenvalue weighted by Gasteiger charge is 2.31. The summed E-state index contributed by atoms with van der Waals surface area (Å²) in [5.74, 6) is 0. The van der Waals surface area contributed by atoms with Crippen molar-refractivity contribution in [1.29, 1.82) is 0 Å². The molecular weight excluding hydrogens is 140 g/mol. The summed E-state index contributed by atoms with van der Waals surface area (Å²) >= 11 is 0. The fourth-order valence-electron chi connectivity index (χ4n) is 1.92. The maximum atomic E-state index is 5.60. The smallest absolute Gasteiger partial charge is 0.123 e. The molecule has 0 spiro atoms. The van der Waals surface area contributed by atoms with Crippen molar-refractivity contribution >= 4 is 0 Å². The van der Waals surface area contributed by atoms with E-state index in [2.05, 4.69) is 16.7 Å². The lowest BCUT2D eigenvalue weighted by Gasteiger charge is -2.46. The van der Waals surface area contributed by atoms with E-state index >= 15 is 0 Å². The van der Waals surface area contributed by atoms with Gasteiger partial charge in [0.1, 0.15) is 6.23 Å². The van der Waals surface area contributed by atoms with E-state index in [4.69, 9.17) is 4.74 Å². The first-order valence-corrected chi connectivity index (χ1v) is 4.48. The Balaban J connectivity index is 1.92. The number of rotatable bonds is 2. The second-order valence-corrected chi connectivity index (χ2v) is 3.25. The average molecular weight is 156 g/mol. The van der Waals surface area contributed by atoms with Crippen LogP contribution in [0.3, 0.4) is 0 Å². The molecule has 2 bridgehead atoms. The first-order valence-electron chi connectivity index (χ1n) is 4.48. The molecule has 0 aromatic rings. The monoisotopic (exact) mass is 156 g/mol. The molecule has 3 aliphatic rings. The van der Waals surface area contributed by atoms with Crippen LogP contribution in [0.15, 0.2) is 0 Å². The molecule has 0 aromatic carbocycles. The summed E-state index contributed by atoms with van der Waals surface area (Å²) in [7, 11) is 0. The van der Waals surface area contributed by atoms with Gasteiger partial charge in [0.15, 0.2) is 0 Å². The highest BCUT2D eigenvalue weighted by Crippen LogP contribution is 2.15. The molecule has 64 valence electrons. The van der Waals surface area contributed by atoms with Crippen molar-refractivity contribution in [1.82, 2.24) is 9.80 Å². The Morgan fingerprint density at radius 3 is 2.45 bits per heavy atom. The van der Waals surface area contributed by atoms with Crippen LogP contribution in [-0.4, -0.2) is 55.4 Å². The molecule has 0 aliphatic carbocycles. The lowest BCUT2D eigenvalue weighted by Crippen LogP contribution is -2.61. The first kappa shape index (κ1) is 7.53. The quantitative estimate of drug-likeness (QED) is 0.559. The normalized spacial score (nSPS) is 42.8. The maximum Gasteiger partial charge on any atom is 0.123 e. The Kier molecular flexibility index (Phi) is 2.11. The summed E-state index contributed by atoms with van der Waals surface area (Å²) in [6.07, 6.45) is 0.391. The van der Waals surface area contributed by atoms with Gasteiger partial charge in [0.2, 0.25) is 0 Å². The molecule has 0 saturated carbocycles. The molecule has 3 nitrogen and oxygen atoms in total. The number of hydrogen-bond acceptors (Lipinski definition) is 3. The van der Waals surface area contributed by atoms with Gasteiger partial charge in [0, 0.05) is 39.3 Å². The van der Waals surface area contributed by atoms with E-state index in [-0.39, 0.29) is 0 Å². The third-order valence-corrected chi connectivity index (χ3v) is 2.59. The molecule has 0 amide bonds. The van der Waals surface area contributed by atoms with E-state index in [1.165, 1.54) is 26.2 Å². The molecule has 3 fully saturated rings. The summed E-state index contributed by atoms with van der Waals surface area (Å²) < 4.78 is 5.60. The van der Waals surface area contributed by atoms with Crippen molar-refractivity contribution in [3.8, 4) is 0 Å². The molecule has 11 heavy (non-hydrogen) atoms. The molecule has 0 N–H and O–H groups in total. The van der Waals surface area contributed by atoms with E-state index in [1.54, 1.807) is 0 Å². The van der Waals surface area contributed by atoms with Crippen molar-refractivity contribution in [2.45, 2.75) is 13.2 Å². The molecule has 1 unspecified atom stereocenters. The number of fused-ring (bicyclic) bond motifs is 3. The Hall–Kier alpha value is -0.120. The molecule has 1 atom stereocenters. The molecule has 3 heterocycles. The Labute approximate surface area is 67.9 Å². The zero-order valence-corrected chi connectivity index (χ0v) is 7.12. The second kappa shape index (κ2) is 3.09. The third-order valence-electron chi connectivity index (χ3n) is 2.59. The highest BCUT2D eigenvalue weighted by atomic mass is 16.5. The van der Waals surface area contributed by atoms with E-state index < -0.39 is 0 Å². The van der Waals surface area contributed by atoms with Crippen LogP contribution in [0.5, 0.6) is 0 Å². The SMILES string of the molecule is CCOC1CN2CCN1CC2. The largest absolute Gasteiger partial charge is 0.362 e. The molecule has 3 heteroatoms. The lowest BCUT2D eigenvalue weighted by atomic mass is 10.2. The fraction of sp³-hybridized carbons (Fsp3) is 1.00. The lowest BCUT2D eigenvalue weighted by molar-refractivity contribution is -0.128. The van der Waals surface area contributed by atoms with Gasteiger partial charge in [-0.15, -0.1) is 0 Å². The van der Waals surface area contributed by atoms with Crippen LogP contribution in [0.25, 0.3) is 0 Å². The molecule has 3 saturated heterocycles. The first-order chi connectivity index (χ1) is 5.40. The van der Waals surface area contributed by atoms with Gasteiger partial charge in [-0.2, -0.15) is 0 Å². The number of ether oxygens (including phenoxy) is 1. The van der Waals surface area contributed by atoms with Crippen molar-refractivity contribution in [3.63, 3.8) is 0 Å². The molecule has 0 aromatic heterocycles. The van der Waals surface area contributed by atoms with Crippen molar-refractivity contribution in [2.24, 2.45) is 0 Å². The van der Waals surface area contributed by atoms with Crippen LogP contribution in [0.1, 0.15) is 6.92 Å². The predicted octanol–water partition coefficient (Wildman–Crippen LogP) is -0.0198. The van der Waals surface area contributed by atoms with Gasteiger partial charge in [-0.3, -0.25) is 9.80 Å². The summed E-state index contributed by atoms with van der Waals surface area (Å²) in [5.41, 5.74) is 0. The summed E-state index contributed by atoms with van der Waals surface area (Å²) in [6.45, 7) is 8.91. The van der Waals surface area contributed by atoms with Gasteiger partial charge >= 0.3 is 0 Å². The van der Waals surface area contributed by atoms with Gasteiger partial charge in [0.25, 0.3) is 0 Å². The van der Waals surface area contributed by atoms with E-state index in [9.17, 15) is 0 Å². The van der Waals surface area contributed by atoms with Crippen LogP contribution < -0.4 is 0 Å². The standard InChI is InChI=1S/C8H16N2O/c1-2-11-8-7-9-3-5-10(8)6-4-9/h8H,2-7H2,1H3. The minimum atomic E-state index is 0.391. The van der Waals surface area contributed by atoms with Crippen LogP contribution in [0, 0.1) is 0 Å². The van der Waals surface area contributed by atoms with Crippen LogP contribution in [-0.2, 0) is 4.74 Å². The Morgan fingerprint density at radius 2 is 2.00 bits per heavy atom. The minimum Gasteiger partial charge on any atom is -0.362 e. The number of piperazine rings is 3. The average Bonchev–Trinajstić information content (AvgIpc) is 2.07. The van der Waals surface area contributed by atoms with Crippen LogP contribution in [0.2, 0.25) is 0 Å². The minimum absolute atomic E-state index is 0.391. The topological polar surface area (TPSA) is 15.7 Å². The molecular formula is C8H16N2O. The van der Waals surface area contributed by atoms with Crippen molar-refractivity contribution < 1.29 is 4.74 Å². The van der Waals surface area contributed by atoms with Crippen molar-refractivity contribution in [2.75, 3.05) is 39.3 Å². The van der Waals surface area contributed by atoms with Crippen LogP contribution in [0.4, 0.5) is 0 Å². The Morgan fingerprint density at radius 1 is 1.27 bits per heavy atom. The summed E-state index contributed by atoms with van der Waals surface area (Å²) in [4.78, 5) is 4.93. The summed E-state index contributed by atoms with van der Waals surface area (Å²) in [6, 6.07) is 0. The fourth-order valence-corrected chi connectivity index (χ4v) is 1.92. The predicted molar refractivity (Wildman–Crippen MR) is 43.4 cm³/mol. The second-order valence-electron chi connectivity index (χ2n) is 3.25. The molecule has 3 aliphatic heterocycles. The zero-order chi connectivity index (χ0) is 7.68. The van der Waals surface area contributed by atoms with Gasteiger partial charge in [-0.1, -0.05) is 0 Å². The number of hydrogen-bond donors (Lipinski definition) is 0.